The summed E-state index contributed by atoms with van der Waals surface area (Å²) in [7, 11) is 0. The molecular formula is C10H12F3N3O2. The minimum Gasteiger partial charge on any atom is -0.364 e. The van der Waals surface area contributed by atoms with E-state index in [2.05, 4.69) is 20.0 Å². The highest BCUT2D eigenvalue weighted by atomic mass is 19.4. The number of aromatic nitrogens is 2. The first-order valence-electron chi connectivity index (χ1n) is 5.42. The van der Waals surface area contributed by atoms with Gasteiger partial charge in [-0.3, -0.25) is 4.79 Å². The van der Waals surface area contributed by atoms with Crippen molar-refractivity contribution in [3.05, 3.63) is 27.4 Å². The Balaban J connectivity index is 2.06. The smallest absolute Gasteiger partial charge is 0.364 e. The van der Waals surface area contributed by atoms with Crippen molar-refractivity contribution in [3.8, 4) is 0 Å². The van der Waals surface area contributed by atoms with Crippen LogP contribution in [0.1, 0.15) is 17.1 Å². The Morgan fingerprint density at radius 2 is 2.17 bits per heavy atom. The van der Waals surface area contributed by atoms with Crippen molar-refractivity contribution in [2.75, 3.05) is 13.2 Å². The molecule has 0 aliphatic carbocycles. The average molecular weight is 263 g/mol. The summed E-state index contributed by atoms with van der Waals surface area (Å²) in [5.74, 6) is 0.130. The molecule has 8 heteroatoms. The lowest BCUT2D eigenvalue weighted by molar-refractivity contribution is -0.177. The molecule has 2 rings (SSSR count). The van der Waals surface area contributed by atoms with E-state index in [1.165, 1.54) is 0 Å². The van der Waals surface area contributed by atoms with Gasteiger partial charge in [0.1, 0.15) is 19.0 Å². The van der Waals surface area contributed by atoms with Crippen molar-refractivity contribution in [2.24, 2.45) is 0 Å². The predicted octanol–water partition coefficient (Wildman–Crippen LogP) is 0.494. The lowest BCUT2D eigenvalue weighted by atomic mass is 10.1. The van der Waals surface area contributed by atoms with Crippen molar-refractivity contribution >= 4 is 0 Å². The third-order valence-electron chi connectivity index (χ3n) is 2.50. The first kappa shape index (κ1) is 13.0. The maximum Gasteiger partial charge on any atom is 0.411 e. The Hall–Kier alpha value is -1.41. The zero-order valence-electron chi connectivity index (χ0n) is 9.43. The van der Waals surface area contributed by atoms with Crippen LogP contribution in [-0.2, 0) is 24.3 Å². The summed E-state index contributed by atoms with van der Waals surface area (Å²) in [4.78, 5) is 18.2. The third-order valence-corrected chi connectivity index (χ3v) is 2.50. The summed E-state index contributed by atoms with van der Waals surface area (Å²) in [6.07, 6.45) is -3.79. The summed E-state index contributed by atoms with van der Waals surface area (Å²) in [6.45, 7) is -0.571. The number of ether oxygens (including phenoxy) is 1. The van der Waals surface area contributed by atoms with Crippen molar-refractivity contribution in [1.29, 1.82) is 0 Å². The Morgan fingerprint density at radius 3 is 2.89 bits per heavy atom. The van der Waals surface area contributed by atoms with E-state index in [0.29, 0.717) is 30.8 Å². The first-order valence-corrected chi connectivity index (χ1v) is 5.42. The minimum atomic E-state index is -4.38. The molecule has 1 aromatic rings. The maximum absolute atomic E-state index is 11.9. The number of alkyl halides is 3. The summed E-state index contributed by atoms with van der Waals surface area (Å²) in [6, 6.07) is 0. The number of hydrogen-bond donors (Lipinski definition) is 2. The second kappa shape index (κ2) is 5.07. The normalized spacial score (nSPS) is 15.5. The van der Waals surface area contributed by atoms with Crippen molar-refractivity contribution in [3.63, 3.8) is 0 Å². The van der Waals surface area contributed by atoms with Crippen LogP contribution in [0.5, 0.6) is 0 Å². The summed E-state index contributed by atoms with van der Waals surface area (Å²) in [5.41, 5.74) is 0.849. The number of nitrogens with one attached hydrogen (secondary N) is 2. The number of rotatable bonds is 3. The van der Waals surface area contributed by atoms with Gasteiger partial charge in [0.2, 0.25) is 0 Å². The van der Waals surface area contributed by atoms with Gasteiger partial charge in [0.15, 0.2) is 0 Å². The molecule has 0 bridgehead atoms. The zero-order valence-corrected chi connectivity index (χ0v) is 9.43. The Labute approximate surface area is 100 Å². The maximum atomic E-state index is 11.9. The molecule has 0 saturated heterocycles. The SMILES string of the molecule is O=c1[nH]c(COCC(F)(F)F)nc2c1CNCC2. The van der Waals surface area contributed by atoms with E-state index in [0.717, 1.165) is 0 Å². The fraction of sp³-hybridized carbons (Fsp3) is 0.600. The van der Waals surface area contributed by atoms with Gasteiger partial charge in [-0.2, -0.15) is 13.2 Å². The second-order valence-corrected chi connectivity index (χ2v) is 3.97. The van der Waals surface area contributed by atoms with Gasteiger partial charge in [-0.15, -0.1) is 0 Å². The van der Waals surface area contributed by atoms with Gasteiger partial charge in [0.05, 0.1) is 11.3 Å². The molecule has 2 N–H and O–H groups in total. The van der Waals surface area contributed by atoms with Crippen LogP contribution in [0.3, 0.4) is 0 Å². The fourth-order valence-corrected chi connectivity index (χ4v) is 1.74. The largest absolute Gasteiger partial charge is 0.411 e. The fourth-order valence-electron chi connectivity index (χ4n) is 1.74. The summed E-state index contributed by atoms with van der Waals surface area (Å²) >= 11 is 0. The van der Waals surface area contributed by atoms with Gasteiger partial charge in [0, 0.05) is 19.5 Å². The lowest BCUT2D eigenvalue weighted by Gasteiger charge is -2.16. The predicted molar refractivity (Wildman–Crippen MR) is 56.0 cm³/mol. The standard InChI is InChI=1S/C10H12F3N3O2/c11-10(12,13)5-18-4-8-15-7-1-2-14-3-6(7)9(17)16-8/h14H,1-5H2,(H,15,16,17). The molecule has 1 aliphatic rings. The average Bonchev–Trinajstić information content (AvgIpc) is 2.27. The highest BCUT2D eigenvalue weighted by Crippen LogP contribution is 2.15. The third kappa shape index (κ3) is 3.30. The molecule has 0 spiro atoms. The number of H-pyrrole nitrogens is 1. The molecule has 0 radical (unpaired) electrons. The molecule has 0 unspecified atom stereocenters. The lowest BCUT2D eigenvalue weighted by Crippen LogP contribution is -2.32. The van der Waals surface area contributed by atoms with Crippen LogP contribution < -0.4 is 10.9 Å². The molecule has 0 fully saturated rings. The monoisotopic (exact) mass is 263 g/mol. The first-order chi connectivity index (χ1) is 8.46. The molecule has 2 heterocycles. The van der Waals surface area contributed by atoms with Gasteiger partial charge in [-0.05, 0) is 0 Å². The highest BCUT2D eigenvalue weighted by molar-refractivity contribution is 5.20. The molecule has 0 amide bonds. The second-order valence-electron chi connectivity index (χ2n) is 3.97. The highest BCUT2D eigenvalue weighted by Gasteiger charge is 2.27. The van der Waals surface area contributed by atoms with E-state index in [4.69, 9.17) is 0 Å². The van der Waals surface area contributed by atoms with Crippen LogP contribution in [0, 0.1) is 0 Å². The van der Waals surface area contributed by atoms with Crippen LogP contribution in [0.2, 0.25) is 0 Å². The van der Waals surface area contributed by atoms with Crippen LogP contribution >= 0.6 is 0 Å². The van der Waals surface area contributed by atoms with Gasteiger partial charge in [-0.25, -0.2) is 4.98 Å². The number of nitrogens with zero attached hydrogens (tertiary/aromatic N) is 1. The molecular weight excluding hydrogens is 251 g/mol. The van der Waals surface area contributed by atoms with Crippen LogP contribution in [0.25, 0.3) is 0 Å². The number of aromatic amines is 1. The van der Waals surface area contributed by atoms with E-state index >= 15 is 0 Å². The summed E-state index contributed by atoms with van der Waals surface area (Å²) < 4.78 is 40.1. The van der Waals surface area contributed by atoms with Gasteiger partial charge >= 0.3 is 6.18 Å². The number of hydrogen-bond acceptors (Lipinski definition) is 4. The van der Waals surface area contributed by atoms with Crippen molar-refractivity contribution < 1.29 is 17.9 Å². The number of halogens is 3. The van der Waals surface area contributed by atoms with Gasteiger partial charge in [0.25, 0.3) is 5.56 Å². The molecule has 0 atom stereocenters. The van der Waals surface area contributed by atoms with E-state index in [1.54, 1.807) is 0 Å². The molecule has 18 heavy (non-hydrogen) atoms. The molecule has 0 saturated carbocycles. The molecule has 0 aromatic carbocycles. The molecule has 1 aromatic heterocycles. The van der Waals surface area contributed by atoms with E-state index in [1.807, 2.05) is 0 Å². The van der Waals surface area contributed by atoms with E-state index < -0.39 is 12.8 Å². The van der Waals surface area contributed by atoms with Gasteiger partial charge < -0.3 is 15.0 Å². The topological polar surface area (TPSA) is 67.0 Å². The number of fused-ring (bicyclic) bond motifs is 1. The zero-order chi connectivity index (χ0) is 13.2. The van der Waals surface area contributed by atoms with Gasteiger partial charge in [-0.1, -0.05) is 0 Å². The molecule has 1 aliphatic heterocycles. The molecule has 5 nitrogen and oxygen atoms in total. The molecule has 100 valence electrons. The van der Waals surface area contributed by atoms with E-state index in [9.17, 15) is 18.0 Å². The quantitative estimate of drug-likeness (QED) is 0.833. The Kier molecular flexibility index (Phi) is 3.67. The summed E-state index contributed by atoms with van der Waals surface area (Å²) in [5, 5.41) is 3.02. The van der Waals surface area contributed by atoms with Crippen molar-refractivity contribution in [1.82, 2.24) is 15.3 Å². The van der Waals surface area contributed by atoms with E-state index in [-0.39, 0.29) is 18.0 Å². The Bertz CT molecular complexity index is 484. The Morgan fingerprint density at radius 1 is 1.39 bits per heavy atom. The van der Waals surface area contributed by atoms with Crippen LogP contribution in [-0.4, -0.2) is 29.3 Å². The van der Waals surface area contributed by atoms with Crippen LogP contribution in [0.15, 0.2) is 4.79 Å². The minimum absolute atomic E-state index is 0.130. The van der Waals surface area contributed by atoms with Crippen LogP contribution in [0.4, 0.5) is 13.2 Å². The van der Waals surface area contributed by atoms with Crippen molar-refractivity contribution in [2.45, 2.75) is 25.7 Å².